The molecule has 0 aromatic heterocycles. The molecule has 31 heavy (non-hydrogen) atoms. The number of nitrogens with one attached hydrogen (secondary N) is 2. The lowest BCUT2D eigenvalue weighted by Gasteiger charge is -2.16. The minimum atomic E-state index is -2.62. The Morgan fingerprint density at radius 2 is 1.74 bits per heavy atom. The maximum Gasteiger partial charge on any atom is 0.254 e. The lowest BCUT2D eigenvalue weighted by molar-refractivity contribution is -0.00623. The van der Waals surface area contributed by atoms with Gasteiger partial charge >= 0.3 is 0 Å². The molecule has 2 amide bonds. The minimum Gasteiger partial charge on any atom is -0.489 e. The van der Waals surface area contributed by atoms with Gasteiger partial charge in [-0.3, -0.25) is 9.59 Å². The van der Waals surface area contributed by atoms with Gasteiger partial charge in [-0.05, 0) is 36.5 Å². The first-order valence-electron chi connectivity index (χ1n) is 10.6. The summed E-state index contributed by atoms with van der Waals surface area (Å²) in [5.41, 5.74) is 2.46. The SMILES string of the molecule is CNC(=O)c1cc(C(=O)NC2C3CC(F)(F)CC32)cc2c1OC(C)[C@H]2c1ccccc1. The molecule has 162 valence electrons. The van der Waals surface area contributed by atoms with Crippen LogP contribution in [0.3, 0.4) is 0 Å². The van der Waals surface area contributed by atoms with E-state index in [4.69, 9.17) is 4.74 Å². The van der Waals surface area contributed by atoms with Gasteiger partial charge in [-0.2, -0.15) is 0 Å². The predicted octanol–water partition coefficient (Wildman–Crippen LogP) is 3.73. The number of alkyl halides is 2. The number of ether oxygens (including phenoxy) is 1. The lowest BCUT2D eigenvalue weighted by atomic mass is 9.87. The molecular formula is C24H24F2N2O3. The summed E-state index contributed by atoms with van der Waals surface area (Å²) in [6.07, 6.45) is -0.542. The number of carbonyl (C=O) groups is 2. The second kappa shape index (κ2) is 7.04. The maximum absolute atomic E-state index is 13.5. The fourth-order valence-corrected chi connectivity index (χ4v) is 5.29. The van der Waals surface area contributed by atoms with Crippen LogP contribution in [0.25, 0.3) is 0 Å². The Bertz CT molecular complexity index is 1040. The van der Waals surface area contributed by atoms with Crippen molar-refractivity contribution in [2.45, 2.75) is 43.8 Å². The van der Waals surface area contributed by atoms with Crippen molar-refractivity contribution in [2.75, 3.05) is 7.05 Å². The van der Waals surface area contributed by atoms with Crippen LogP contribution in [-0.4, -0.2) is 36.9 Å². The largest absolute Gasteiger partial charge is 0.489 e. The van der Waals surface area contributed by atoms with Crippen molar-refractivity contribution >= 4 is 11.8 Å². The Balaban J connectivity index is 1.47. The Kier molecular flexibility index (Phi) is 4.53. The predicted molar refractivity (Wildman–Crippen MR) is 111 cm³/mol. The number of rotatable bonds is 4. The molecule has 5 nitrogen and oxygen atoms in total. The van der Waals surface area contributed by atoms with E-state index >= 15 is 0 Å². The number of hydrogen-bond donors (Lipinski definition) is 2. The molecule has 2 fully saturated rings. The summed E-state index contributed by atoms with van der Waals surface area (Å²) in [5.74, 6) is -3.25. The third-order valence-electron chi connectivity index (χ3n) is 6.82. The third-order valence-corrected chi connectivity index (χ3v) is 6.82. The normalized spacial score (nSPS) is 29.5. The molecule has 2 aromatic rings. The second-order valence-corrected chi connectivity index (χ2v) is 8.82. The van der Waals surface area contributed by atoms with Gasteiger partial charge in [0, 0.05) is 43.0 Å². The van der Waals surface area contributed by atoms with Crippen LogP contribution in [0.2, 0.25) is 0 Å². The molecule has 1 aliphatic heterocycles. The average Bonchev–Trinajstić information content (AvgIpc) is 3.08. The summed E-state index contributed by atoms with van der Waals surface area (Å²) in [4.78, 5) is 25.6. The summed E-state index contributed by atoms with van der Waals surface area (Å²) >= 11 is 0. The van der Waals surface area contributed by atoms with Gasteiger partial charge < -0.3 is 15.4 Å². The van der Waals surface area contributed by atoms with Gasteiger partial charge in [0.25, 0.3) is 11.8 Å². The summed E-state index contributed by atoms with van der Waals surface area (Å²) < 4.78 is 33.0. The van der Waals surface area contributed by atoms with Gasteiger partial charge in [0.15, 0.2) is 0 Å². The average molecular weight is 426 g/mol. The van der Waals surface area contributed by atoms with Crippen LogP contribution in [0.4, 0.5) is 8.78 Å². The number of fused-ring (bicyclic) bond motifs is 2. The van der Waals surface area contributed by atoms with Gasteiger partial charge in [0.1, 0.15) is 11.9 Å². The Labute approximate surface area is 179 Å². The van der Waals surface area contributed by atoms with E-state index < -0.39 is 5.92 Å². The van der Waals surface area contributed by atoms with Crippen LogP contribution < -0.4 is 15.4 Å². The van der Waals surface area contributed by atoms with Gasteiger partial charge in [-0.15, -0.1) is 0 Å². The van der Waals surface area contributed by atoms with Gasteiger partial charge in [-0.1, -0.05) is 30.3 Å². The van der Waals surface area contributed by atoms with E-state index in [2.05, 4.69) is 10.6 Å². The zero-order valence-corrected chi connectivity index (χ0v) is 17.3. The molecule has 0 radical (unpaired) electrons. The van der Waals surface area contributed by atoms with E-state index in [-0.39, 0.29) is 54.6 Å². The van der Waals surface area contributed by atoms with E-state index in [1.165, 1.54) is 13.1 Å². The Morgan fingerprint density at radius 1 is 1.06 bits per heavy atom. The molecule has 0 spiro atoms. The molecule has 2 N–H and O–H groups in total. The van der Waals surface area contributed by atoms with Crippen LogP contribution in [0, 0.1) is 11.8 Å². The number of carbonyl (C=O) groups excluding carboxylic acids is 2. The van der Waals surface area contributed by atoms with Crippen molar-refractivity contribution in [3.63, 3.8) is 0 Å². The number of amides is 2. The first kappa shape index (κ1) is 20.0. The molecule has 7 heteroatoms. The zero-order valence-electron chi connectivity index (χ0n) is 17.3. The van der Waals surface area contributed by atoms with Crippen molar-refractivity contribution in [1.29, 1.82) is 0 Å². The Hall–Kier alpha value is -2.96. The van der Waals surface area contributed by atoms with E-state index in [9.17, 15) is 18.4 Å². The topological polar surface area (TPSA) is 67.4 Å². The highest BCUT2D eigenvalue weighted by molar-refractivity contribution is 6.02. The quantitative estimate of drug-likeness (QED) is 0.783. The molecule has 3 unspecified atom stereocenters. The van der Waals surface area contributed by atoms with Crippen molar-refractivity contribution < 1.29 is 23.1 Å². The number of halogens is 2. The first-order chi connectivity index (χ1) is 14.8. The highest BCUT2D eigenvalue weighted by Crippen LogP contribution is 2.58. The van der Waals surface area contributed by atoms with Gasteiger partial charge in [-0.25, -0.2) is 8.78 Å². The van der Waals surface area contributed by atoms with Gasteiger partial charge in [0.05, 0.1) is 5.56 Å². The van der Waals surface area contributed by atoms with E-state index in [1.807, 2.05) is 37.3 Å². The van der Waals surface area contributed by atoms with E-state index in [1.54, 1.807) is 6.07 Å². The van der Waals surface area contributed by atoms with E-state index in [0.29, 0.717) is 16.9 Å². The fourth-order valence-electron chi connectivity index (χ4n) is 5.29. The minimum absolute atomic E-state index is 0.119. The molecule has 1 heterocycles. The number of benzene rings is 2. The smallest absolute Gasteiger partial charge is 0.254 e. The molecule has 5 rings (SSSR count). The maximum atomic E-state index is 13.5. The zero-order chi connectivity index (χ0) is 21.9. The van der Waals surface area contributed by atoms with Crippen LogP contribution in [0.5, 0.6) is 5.75 Å². The highest BCUT2D eigenvalue weighted by Gasteiger charge is 2.63. The molecule has 4 atom stereocenters. The molecule has 2 aliphatic carbocycles. The first-order valence-corrected chi connectivity index (χ1v) is 10.6. The standard InChI is InChI=1S/C24H24F2N2O3/c1-12-19(13-6-4-3-5-7-13)15-8-14(9-16(21(15)31-12)23(30)27-2)22(29)28-20-17-10-24(25,26)11-18(17)20/h3-9,12,17-20H,10-11H2,1-2H3,(H,27,30)(H,28,29)/t12?,17?,18?,19-,20?/m0/s1. The summed E-state index contributed by atoms with van der Waals surface area (Å²) in [6.45, 7) is 1.94. The molecule has 3 aliphatic rings. The molecule has 0 saturated heterocycles. The third kappa shape index (κ3) is 3.36. The van der Waals surface area contributed by atoms with Gasteiger partial charge in [0.2, 0.25) is 5.92 Å². The van der Waals surface area contributed by atoms with Crippen molar-refractivity contribution in [2.24, 2.45) is 11.8 Å². The van der Waals surface area contributed by atoms with Crippen LogP contribution in [0.1, 0.15) is 57.5 Å². The van der Waals surface area contributed by atoms with Crippen molar-refractivity contribution in [3.05, 3.63) is 64.7 Å². The van der Waals surface area contributed by atoms with Crippen LogP contribution in [0.15, 0.2) is 42.5 Å². The monoisotopic (exact) mass is 426 g/mol. The summed E-state index contributed by atoms with van der Waals surface area (Å²) in [6, 6.07) is 12.9. The second-order valence-electron chi connectivity index (χ2n) is 8.82. The van der Waals surface area contributed by atoms with Crippen LogP contribution >= 0.6 is 0 Å². The summed E-state index contributed by atoms with van der Waals surface area (Å²) in [5, 5.41) is 5.51. The molecule has 2 saturated carbocycles. The van der Waals surface area contributed by atoms with E-state index in [0.717, 1.165) is 11.1 Å². The lowest BCUT2D eigenvalue weighted by Crippen LogP contribution is -2.31. The summed E-state index contributed by atoms with van der Waals surface area (Å²) in [7, 11) is 1.53. The molecule has 0 bridgehead atoms. The van der Waals surface area contributed by atoms with Crippen molar-refractivity contribution in [3.8, 4) is 5.75 Å². The fraction of sp³-hybridized carbons (Fsp3) is 0.417. The molecular weight excluding hydrogens is 402 g/mol. The Morgan fingerprint density at radius 3 is 2.39 bits per heavy atom. The highest BCUT2D eigenvalue weighted by atomic mass is 19.3. The number of hydrogen-bond acceptors (Lipinski definition) is 3. The van der Waals surface area contributed by atoms with Crippen LogP contribution in [-0.2, 0) is 0 Å². The molecule has 2 aromatic carbocycles. The van der Waals surface area contributed by atoms with Crippen molar-refractivity contribution in [1.82, 2.24) is 10.6 Å².